The van der Waals surface area contributed by atoms with E-state index in [4.69, 9.17) is 0 Å². The zero-order chi connectivity index (χ0) is 13.5. The molecular weight excluding hydrogens is 238 g/mol. The van der Waals surface area contributed by atoms with Gasteiger partial charge < -0.3 is 15.1 Å². The van der Waals surface area contributed by atoms with E-state index in [1.807, 2.05) is 12.4 Å². The lowest BCUT2D eigenvalue weighted by atomic mass is 10.3. The number of hydrogen-bond acceptors (Lipinski definition) is 5. The minimum Gasteiger partial charge on any atom is -0.354 e. The molecule has 0 radical (unpaired) electrons. The van der Waals surface area contributed by atoms with Crippen molar-refractivity contribution in [2.75, 3.05) is 44.7 Å². The molecule has 2 rings (SSSR count). The van der Waals surface area contributed by atoms with Gasteiger partial charge in [-0.2, -0.15) is 0 Å². The summed E-state index contributed by atoms with van der Waals surface area (Å²) in [5.74, 6) is 1.01. The maximum atomic E-state index is 4.55. The smallest absolute Gasteiger partial charge is 0.147 e. The molecule has 1 aromatic rings. The van der Waals surface area contributed by atoms with Crippen molar-refractivity contribution >= 4 is 5.82 Å². The molecule has 1 fully saturated rings. The Morgan fingerprint density at radius 1 is 1.16 bits per heavy atom. The first-order valence-corrected chi connectivity index (χ1v) is 7.24. The molecule has 1 aliphatic heterocycles. The van der Waals surface area contributed by atoms with E-state index < -0.39 is 0 Å². The minimum absolute atomic E-state index is 0.809. The largest absolute Gasteiger partial charge is 0.354 e. The lowest BCUT2D eigenvalue weighted by molar-refractivity contribution is 0.360. The van der Waals surface area contributed by atoms with Crippen molar-refractivity contribution in [1.82, 2.24) is 20.2 Å². The van der Waals surface area contributed by atoms with Crippen LogP contribution in [0.15, 0.2) is 12.4 Å². The maximum absolute atomic E-state index is 4.55. The summed E-state index contributed by atoms with van der Waals surface area (Å²) in [5.41, 5.74) is 1.02. The molecule has 0 bridgehead atoms. The van der Waals surface area contributed by atoms with Crippen LogP contribution < -0.4 is 10.2 Å². The van der Waals surface area contributed by atoms with E-state index in [-0.39, 0.29) is 0 Å². The predicted octanol–water partition coefficient (Wildman–Crippen LogP) is 1.12. The molecule has 1 aliphatic rings. The molecule has 0 aromatic carbocycles. The van der Waals surface area contributed by atoms with Crippen LogP contribution in [-0.2, 0) is 6.54 Å². The molecule has 106 valence electrons. The second kappa shape index (κ2) is 7.40. The van der Waals surface area contributed by atoms with Crippen LogP contribution in [0.4, 0.5) is 5.82 Å². The first kappa shape index (κ1) is 14.2. The second-order valence-corrected chi connectivity index (χ2v) is 5.19. The van der Waals surface area contributed by atoms with Gasteiger partial charge in [0.25, 0.3) is 0 Å². The molecule has 0 atom stereocenters. The van der Waals surface area contributed by atoms with E-state index in [0.29, 0.717) is 0 Å². The van der Waals surface area contributed by atoms with Crippen LogP contribution in [0.3, 0.4) is 0 Å². The van der Waals surface area contributed by atoms with Crippen molar-refractivity contribution in [3.63, 3.8) is 0 Å². The topological polar surface area (TPSA) is 44.3 Å². The zero-order valence-corrected chi connectivity index (χ0v) is 12.1. The van der Waals surface area contributed by atoms with Gasteiger partial charge in [0, 0.05) is 26.2 Å². The Morgan fingerprint density at radius 3 is 2.79 bits per heavy atom. The summed E-state index contributed by atoms with van der Waals surface area (Å²) >= 11 is 0. The number of rotatable bonds is 5. The molecule has 1 N–H and O–H groups in total. The molecule has 1 aromatic heterocycles. The summed E-state index contributed by atoms with van der Waals surface area (Å²) in [7, 11) is 2.18. The highest BCUT2D eigenvalue weighted by Crippen LogP contribution is 2.12. The summed E-state index contributed by atoms with van der Waals surface area (Å²) in [4.78, 5) is 13.8. The van der Waals surface area contributed by atoms with Gasteiger partial charge >= 0.3 is 0 Å². The van der Waals surface area contributed by atoms with Crippen molar-refractivity contribution in [2.45, 2.75) is 26.3 Å². The normalized spacial score (nSPS) is 17.5. The maximum Gasteiger partial charge on any atom is 0.147 e. The van der Waals surface area contributed by atoms with Gasteiger partial charge in [-0.1, -0.05) is 6.92 Å². The summed E-state index contributed by atoms with van der Waals surface area (Å²) in [6.45, 7) is 8.39. The lowest BCUT2D eigenvalue weighted by Crippen LogP contribution is -2.29. The highest BCUT2D eigenvalue weighted by molar-refractivity contribution is 5.35. The standard InChI is InChI=1S/C14H25N5/c1-3-5-15-10-13-11-17-14(12-16-13)19-7-4-6-18(2)8-9-19/h11-12,15H,3-10H2,1-2H3. The molecule has 0 saturated carbocycles. The van der Waals surface area contributed by atoms with Gasteiger partial charge in [0.15, 0.2) is 0 Å². The molecule has 0 amide bonds. The second-order valence-electron chi connectivity index (χ2n) is 5.19. The molecule has 5 heteroatoms. The number of likely N-dealkylation sites (N-methyl/N-ethyl adjacent to an activating group) is 1. The predicted molar refractivity (Wildman–Crippen MR) is 78.4 cm³/mol. The molecule has 0 spiro atoms. The van der Waals surface area contributed by atoms with Crippen molar-refractivity contribution in [3.8, 4) is 0 Å². The van der Waals surface area contributed by atoms with Crippen LogP contribution in [0.2, 0.25) is 0 Å². The van der Waals surface area contributed by atoms with Gasteiger partial charge in [-0.15, -0.1) is 0 Å². The highest BCUT2D eigenvalue weighted by Gasteiger charge is 2.13. The zero-order valence-electron chi connectivity index (χ0n) is 12.1. The van der Waals surface area contributed by atoms with E-state index in [0.717, 1.165) is 50.7 Å². The molecule has 0 unspecified atom stereocenters. The minimum atomic E-state index is 0.809. The number of aromatic nitrogens is 2. The molecule has 1 saturated heterocycles. The fourth-order valence-corrected chi connectivity index (χ4v) is 2.27. The lowest BCUT2D eigenvalue weighted by Gasteiger charge is -2.21. The van der Waals surface area contributed by atoms with Gasteiger partial charge in [-0.25, -0.2) is 4.98 Å². The third-order valence-electron chi connectivity index (χ3n) is 3.47. The Morgan fingerprint density at radius 2 is 2.05 bits per heavy atom. The Hall–Kier alpha value is -1.20. The van der Waals surface area contributed by atoms with Crippen LogP contribution in [-0.4, -0.2) is 54.6 Å². The number of nitrogens with one attached hydrogen (secondary N) is 1. The van der Waals surface area contributed by atoms with Crippen molar-refractivity contribution < 1.29 is 0 Å². The third kappa shape index (κ3) is 4.44. The van der Waals surface area contributed by atoms with Crippen LogP contribution in [0.1, 0.15) is 25.5 Å². The van der Waals surface area contributed by atoms with Gasteiger partial charge in [-0.3, -0.25) is 4.98 Å². The van der Waals surface area contributed by atoms with Crippen molar-refractivity contribution in [3.05, 3.63) is 18.1 Å². The fourth-order valence-electron chi connectivity index (χ4n) is 2.27. The number of nitrogens with zero attached hydrogens (tertiary/aromatic N) is 4. The molecule has 19 heavy (non-hydrogen) atoms. The third-order valence-corrected chi connectivity index (χ3v) is 3.47. The monoisotopic (exact) mass is 263 g/mol. The Kier molecular flexibility index (Phi) is 5.54. The van der Waals surface area contributed by atoms with Crippen molar-refractivity contribution in [2.24, 2.45) is 0 Å². The van der Waals surface area contributed by atoms with Crippen LogP contribution in [0.25, 0.3) is 0 Å². The summed E-state index contributed by atoms with van der Waals surface area (Å²) in [6.07, 6.45) is 6.14. The van der Waals surface area contributed by atoms with Crippen LogP contribution >= 0.6 is 0 Å². The number of hydrogen-bond donors (Lipinski definition) is 1. The van der Waals surface area contributed by atoms with Crippen LogP contribution in [0, 0.1) is 0 Å². The fraction of sp³-hybridized carbons (Fsp3) is 0.714. The molecule has 0 aliphatic carbocycles. The molecular formula is C14H25N5. The Bertz CT molecular complexity index is 365. The van der Waals surface area contributed by atoms with E-state index in [9.17, 15) is 0 Å². The van der Waals surface area contributed by atoms with Gasteiger partial charge in [0.05, 0.1) is 18.1 Å². The van der Waals surface area contributed by atoms with Gasteiger partial charge in [-0.05, 0) is 33.0 Å². The van der Waals surface area contributed by atoms with E-state index >= 15 is 0 Å². The number of anilines is 1. The average Bonchev–Trinajstić information content (AvgIpc) is 2.65. The van der Waals surface area contributed by atoms with E-state index in [1.54, 1.807) is 0 Å². The first-order valence-electron chi connectivity index (χ1n) is 7.24. The van der Waals surface area contributed by atoms with E-state index in [2.05, 4.69) is 39.1 Å². The summed E-state index contributed by atoms with van der Waals surface area (Å²) in [5, 5.41) is 3.34. The SMILES string of the molecule is CCCNCc1cnc(N2CCCN(C)CC2)cn1. The molecule has 2 heterocycles. The van der Waals surface area contributed by atoms with E-state index in [1.165, 1.54) is 13.0 Å². The summed E-state index contributed by atoms with van der Waals surface area (Å²) < 4.78 is 0. The Labute approximate surface area is 116 Å². The Balaban J connectivity index is 1.90. The molecule has 5 nitrogen and oxygen atoms in total. The highest BCUT2D eigenvalue weighted by atomic mass is 15.2. The van der Waals surface area contributed by atoms with Gasteiger partial charge in [0.2, 0.25) is 0 Å². The quantitative estimate of drug-likeness (QED) is 0.807. The van der Waals surface area contributed by atoms with Gasteiger partial charge in [0.1, 0.15) is 5.82 Å². The first-order chi connectivity index (χ1) is 9.29. The summed E-state index contributed by atoms with van der Waals surface area (Å²) in [6, 6.07) is 0. The van der Waals surface area contributed by atoms with Crippen molar-refractivity contribution in [1.29, 1.82) is 0 Å². The van der Waals surface area contributed by atoms with Crippen LogP contribution in [0.5, 0.6) is 0 Å². The average molecular weight is 263 g/mol.